The predicted octanol–water partition coefficient (Wildman–Crippen LogP) is 11.9. The van der Waals surface area contributed by atoms with Gasteiger partial charge in [0.1, 0.15) is 11.2 Å². The summed E-state index contributed by atoms with van der Waals surface area (Å²) in [5.74, 6) is 3.32. The van der Waals surface area contributed by atoms with Crippen LogP contribution in [0.3, 0.4) is 0 Å². The average molecular weight is 594 g/mol. The van der Waals surface area contributed by atoms with Gasteiger partial charge in [-0.25, -0.2) is 0 Å². The van der Waals surface area contributed by atoms with Crippen LogP contribution in [0.15, 0.2) is 132 Å². The van der Waals surface area contributed by atoms with E-state index >= 15 is 0 Å². The van der Waals surface area contributed by atoms with Crippen LogP contribution in [0.25, 0.3) is 43.8 Å². The second-order valence-electron chi connectivity index (χ2n) is 14.5. The summed E-state index contributed by atoms with van der Waals surface area (Å²) in [6, 6.07) is 47.4. The maximum absolute atomic E-state index is 6.48. The lowest BCUT2D eigenvalue weighted by atomic mass is 9.43. The molecule has 2 heteroatoms. The van der Waals surface area contributed by atoms with E-state index in [9.17, 15) is 0 Å². The van der Waals surface area contributed by atoms with Gasteiger partial charge in [-0.05, 0) is 108 Å². The molecule has 4 saturated carbocycles. The second-order valence-corrected chi connectivity index (χ2v) is 14.5. The number of hydrogen-bond acceptors (Lipinski definition) is 2. The third kappa shape index (κ3) is 3.22. The summed E-state index contributed by atoms with van der Waals surface area (Å²) in [5, 5.41) is 4.83. The van der Waals surface area contributed by atoms with Gasteiger partial charge in [0.2, 0.25) is 0 Å². The van der Waals surface area contributed by atoms with Gasteiger partial charge in [0.15, 0.2) is 0 Å². The van der Waals surface area contributed by atoms with Crippen molar-refractivity contribution >= 4 is 49.8 Å². The van der Waals surface area contributed by atoms with Crippen LogP contribution in [-0.2, 0) is 5.41 Å². The molecule has 5 aliphatic rings. The SMILES string of the molecule is c1ccc2c(c1)-c1c(N(c3ccc4c(c3)oc3ccccc34)c3cccc4ccccc34)cccc1C21C2CC3CC(C2)CC1C3. The van der Waals surface area contributed by atoms with Gasteiger partial charge in [-0.15, -0.1) is 0 Å². The molecule has 0 radical (unpaired) electrons. The molecule has 2 nitrogen and oxygen atoms in total. The van der Waals surface area contributed by atoms with Gasteiger partial charge < -0.3 is 9.32 Å². The van der Waals surface area contributed by atoms with Crippen molar-refractivity contribution in [1.29, 1.82) is 0 Å². The number of benzene rings is 6. The third-order valence-electron chi connectivity index (χ3n) is 12.4. The highest BCUT2D eigenvalue weighted by atomic mass is 16.3. The zero-order valence-electron chi connectivity index (χ0n) is 25.8. The first-order chi connectivity index (χ1) is 22.8. The second kappa shape index (κ2) is 9.13. The van der Waals surface area contributed by atoms with Crippen LogP contribution < -0.4 is 4.90 Å². The molecule has 0 aliphatic heterocycles. The molecule has 4 bridgehead atoms. The van der Waals surface area contributed by atoms with Gasteiger partial charge in [-0.3, -0.25) is 0 Å². The monoisotopic (exact) mass is 593 g/mol. The van der Waals surface area contributed by atoms with Crippen molar-refractivity contribution in [1.82, 2.24) is 0 Å². The number of para-hydroxylation sites is 1. The Morgan fingerprint density at radius 3 is 2.04 bits per heavy atom. The Bertz CT molecular complexity index is 2330. The Labute approximate surface area is 269 Å². The Morgan fingerprint density at radius 2 is 1.17 bits per heavy atom. The molecule has 222 valence electrons. The lowest BCUT2D eigenvalue weighted by molar-refractivity contribution is -0.0399. The topological polar surface area (TPSA) is 16.4 Å². The molecular weight excluding hydrogens is 558 g/mol. The lowest BCUT2D eigenvalue weighted by Crippen LogP contribution is -2.55. The first-order valence-corrected chi connectivity index (χ1v) is 17.2. The quantitative estimate of drug-likeness (QED) is 0.203. The van der Waals surface area contributed by atoms with E-state index in [0.29, 0.717) is 0 Å². The highest BCUT2D eigenvalue weighted by Crippen LogP contribution is 2.70. The molecule has 6 aromatic carbocycles. The number of anilines is 3. The highest BCUT2D eigenvalue weighted by molar-refractivity contribution is 6.08. The smallest absolute Gasteiger partial charge is 0.137 e. The summed E-state index contributed by atoms with van der Waals surface area (Å²) in [4.78, 5) is 2.53. The molecule has 12 rings (SSSR count). The zero-order valence-corrected chi connectivity index (χ0v) is 25.8. The Hall–Kier alpha value is -4.82. The van der Waals surface area contributed by atoms with E-state index < -0.39 is 0 Å². The lowest BCUT2D eigenvalue weighted by Gasteiger charge is -2.61. The molecule has 0 amide bonds. The summed E-state index contributed by atoms with van der Waals surface area (Å²) in [7, 11) is 0. The summed E-state index contributed by atoms with van der Waals surface area (Å²) in [5.41, 5.74) is 11.6. The average Bonchev–Trinajstić information content (AvgIpc) is 3.61. The third-order valence-corrected chi connectivity index (χ3v) is 12.4. The Kier molecular flexibility index (Phi) is 5.04. The van der Waals surface area contributed by atoms with Crippen LogP contribution in [-0.4, -0.2) is 0 Å². The van der Waals surface area contributed by atoms with Crippen molar-refractivity contribution in [3.63, 3.8) is 0 Å². The van der Waals surface area contributed by atoms with Crippen LogP contribution >= 0.6 is 0 Å². The van der Waals surface area contributed by atoms with Crippen LogP contribution in [0.5, 0.6) is 0 Å². The fourth-order valence-corrected chi connectivity index (χ4v) is 11.0. The van der Waals surface area contributed by atoms with Crippen molar-refractivity contribution in [3.05, 3.63) is 139 Å². The number of nitrogens with zero attached hydrogens (tertiary/aromatic N) is 1. The normalized spacial score (nSPS) is 25.5. The molecule has 1 aromatic heterocycles. The van der Waals surface area contributed by atoms with E-state index in [1.807, 2.05) is 0 Å². The fraction of sp³-hybridized carbons (Fsp3) is 0.227. The minimum atomic E-state index is 0.127. The Morgan fingerprint density at radius 1 is 0.522 bits per heavy atom. The predicted molar refractivity (Wildman–Crippen MR) is 189 cm³/mol. The van der Waals surface area contributed by atoms with Crippen molar-refractivity contribution in [3.8, 4) is 11.1 Å². The molecule has 0 unspecified atom stereocenters. The molecule has 5 aliphatic carbocycles. The standard InChI is InChI=1S/C44H35NO/c1-2-11-33-29(9-1)10-7-16-39(33)45(32-19-20-35-34-12-4-6-18-41(34)46-42(35)26-32)40-17-8-15-38-43(40)36-13-3-5-14-37(36)44(38)30-22-27-21-28(24-30)25-31(44)23-27/h1-20,26-28,30-31H,21-25H2. The molecule has 46 heavy (non-hydrogen) atoms. The summed E-state index contributed by atoms with van der Waals surface area (Å²) >= 11 is 0. The fourth-order valence-electron chi connectivity index (χ4n) is 11.0. The number of furan rings is 1. The van der Waals surface area contributed by atoms with Gasteiger partial charge in [0, 0.05) is 38.9 Å². The zero-order chi connectivity index (χ0) is 30.0. The maximum Gasteiger partial charge on any atom is 0.137 e. The maximum atomic E-state index is 6.48. The molecule has 1 spiro atoms. The van der Waals surface area contributed by atoms with Crippen molar-refractivity contribution in [2.24, 2.45) is 23.7 Å². The summed E-state index contributed by atoms with van der Waals surface area (Å²) < 4.78 is 6.48. The van der Waals surface area contributed by atoms with Gasteiger partial charge in [0.05, 0.1) is 11.4 Å². The number of hydrogen-bond donors (Lipinski definition) is 0. The Balaban J connectivity index is 1.21. The molecule has 0 saturated heterocycles. The van der Waals surface area contributed by atoms with E-state index in [-0.39, 0.29) is 5.41 Å². The summed E-state index contributed by atoms with van der Waals surface area (Å²) in [6.45, 7) is 0. The molecular formula is C44H35NO. The molecule has 0 N–H and O–H groups in total. The minimum absolute atomic E-state index is 0.127. The van der Waals surface area contributed by atoms with Crippen molar-refractivity contribution < 1.29 is 4.42 Å². The van der Waals surface area contributed by atoms with Crippen molar-refractivity contribution in [2.45, 2.75) is 37.5 Å². The number of fused-ring (bicyclic) bond motifs is 7. The van der Waals surface area contributed by atoms with Gasteiger partial charge in [-0.2, -0.15) is 0 Å². The van der Waals surface area contributed by atoms with Gasteiger partial charge in [0.25, 0.3) is 0 Å². The van der Waals surface area contributed by atoms with E-state index in [4.69, 9.17) is 4.42 Å². The largest absolute Gasteiger partial charge is 0.456 e. The van der Waals surface area contributed by atoms with Crippen LogP contribution in [0.2, 0.25) is 0 Å². The first-order valence-electron chi connectivity index (χ1n) is 17.2. The first kappa shape index (κ1) is 25.4. The molecule has 0 atom stereocenters. The summed E-state index contributed by atoms with van der Waals surface area (Å²) in [6.07, 6.45) is 7.03. The van der Waals surface area contributed by atoms with Crippen molar-refractivity contribution in [2.75, 3.05) is 4.90 Å². The van der Waals surface area contributed by atoms with E-state index in [2.05, 4.69) is 132 Å². The van der Waals surface area contributed by atoms with E-state index in [1.54, 1.807) is 11.1 Å². The molecule has 7 aromatic rings. The molecule has 4 fully saturated rings. The highest BCUT2D eigenvalue weighted by Gasteiger charge is 2.61. The van der Waals surface area contributed by atoms with Crippen LogP contribution in [0, 0.1) is 23.7 Å². The van der Waals surface area contributed by atoms with Crippen LogP contribution in [0.4, 0.5) is 17.1 Å². The number of rotatable bonds is 3. The van der Waals surface area contributed by atoms with Crippen LogP contribution in [0.1, 0.15) is 43.2 Å². The van der Waals surface area contributed by atoms with E-state index in [1.165, 1.54) is 70.8 Å². The van der Waals surface area contributed by atoms with E-state index in [0.717, 1.165) is 45.9 Å². The molecule has 1 heterocycles. The van der Waals surface area contributed by atoms with Gasteiger partial charge in [-0.1, -0.05) is 91.0 Å². The minimum Gasteiger partial charge on any atom is -0.456 e. The van der Waals surface area contributed by atoms with Gasteiger partial charge >= 0.3 is 0 Å².